The van der Waals surface area contributed by atoms with Crippen LogP contribution in [0.15, 0.2) is 6.20 Å². The van der Waals surface area contributed by atoms with E-state index in [0.717, 1.165) is 0 Å². The average Bonchev–Trinajstić information content (AvgIpc) is 1.76. The molecule has 0 saturated carbocycles. The van der Waals surface area contributed by atoms with Crippen molar-refractivity contribution in [2.75, 3.05) is 0 Å². The van der Waals surface area contributed by atoms with E-state index < -0.39 is 0 Å². The Bertz CT molecular complexity index is 68.0. The molecule has 0 atom stereocenters. The molecule has 1 aromatic rings. The topological polar surface area (TPSA) is 25.8 Å². The average molecular weight is 108 g/mol. The van der Waals surface area contributed by atoms with E-state index in [-0.39, 0.29) is 29.6 Å². The van der Waals surface area contributed by atoms with Crippen LogP contribution in [0.1, 0.15) is 0 Å². The molecular weight excluding hydrogens is 107 g/mol. The van der Waals surface area contributed by atoms with Crippen LogP contribution in [0.4, 0.5) is 0 Å². The van der Waals surface area contributed by atoms with E-state index in [2.05, 4.69) is 15.0 Å². The van der Waals surface area contributed by atoms with Crippen molar-refractivity contribution < 1.29 is 29.6 Å². The Morgan fingerprint density at radius 3 is 2.67 bits per heavy atom. The van der Waals surface area contributed by atoms with Gasteiger partial charge in [0.05, 0.1) is 0 Å². The number of rotatable bonds is 0. The second-order valence-electron chi connectivity index (χ2n) is 0.535. The van der Waals surface area contributed by atoms with E-state index in [9.17, 15) is 0 Å². The van der Waals surface area contributed by atoms with E-state index in [1.807, 2.05) is 0 Å². The summed E-state index contributed by atoms with van der Waals surface area (Å²) in [6.07, 6.45) is 1.53. The Kier molecular flexibility index (Phi) is 4.09. The van der Waals surface area contributed by atoms with Crippen LogP contribution in [-0.4, -0.2) is 9.59 Å². The van der Waals surface area contributed by atoms with Gasteiger partial charge in [0, 0.05) is 0 Å². The predicted octanol–water partition coefficient (Wildman–Crippen LogP) is -2.66. The SMILES string of the molecule is [Na+].[c-]1cnns1. The van der Waals surface area contributed by atoms with Crippen molar-refractivity contribution in [1.29, 1.82) is 0 Å². The van der Waals surface area contributed by atoms with Crippen molar-refractivity contribution in [3.8, 4) is 0 Å². The molecule has 0 aliphatic rings. The van der Waals surface area contributed by atoms with Gasteiger partial charge in [0.15, 0.2) is 0 Å². The first-order chi connectivity index (χ1) is 2.50. The molecule has 1 rings (SSSR count). The van der Waals surface area contributed by atoms with Gasteiger partial charge in [0.2, 0.25) is 0 Å². The van der Waals surface area contributed by atoms with Crippen LogP contribution in [0, 0.1) is 5.38 Å². The Morgan fingerprint density at radius 2 is 2.50 bits per heavy atom. The monoisotopic (exact) mass is 108 g/mol. The fraction of sp³-hybridized carbons (Fsp3) is 0. The molecule has 6 heavy (non-hydrogen) atoms. The van der Waals surface area contributed by atoms with Gasteiger partial charge in [-0.1, -0.05) is 0 Å². The normalized spacial score (nSPS) is 6.67. The van der Waals surface area contributed by atoms with E-state index in [1.54, 1.807) is 0 Å². The largest absolute Gasteiger partial charge is 1.00 e. The molecule has 0 fully saturated rings. The molecule has 0 amide bonds. The molecule has 0 aliphatic heterocycles. The van der Waals surface area contributed by atoms with Crippen molar-refractivity contribution in [1.82, 2.24) is 9.59 Å². The van der Waals surface area contributed by atoms with Crippen LogP contribution in [0.2, 0.25) is 0 Å². The number of aromatic nitrogens is 2. The smallest absolute Gasteiger partial charge is 0.366 e. The second kappa shape index (κ2) is 3.74. The second-order valence-corrected chi connectivity index (χ2v) is 1.12. The van der Waals surface area contributed by atoms with Crippen LogP contribution in [-0.2, 0) is 0 Å². The van der Waals surface area contributed by atoms with Gasteiger partial charge in [-0.25, -0.2) is 11.5 Å². The van der Waals surface area contributed by atoms with Gasteiger partial charge in [0.1, 0.15) is 0 Å². The summed E-state index contributed by atoms with van der Waals surface area (Å²) in [4.78, 5) is 0. The van der Waals surface area contributed by atoms with E-state index in [0.29, 0.717) is 0 Å². The summed E-state index contributed by atoms with van der Waals surface area (Å²) < 4.78 is 3.46. The first-order valence-electron chi connectivity index (χ1n) is 1.13. The summed E-state index contributed by atoms with van der Waals surface area (Å²) in [5, 5.41) is 6.12. The third-order valence-corrected chi connectivity index (χ3v) is 0.638. The zero-order valence-corrected chi connectivity index (χ0v) is 6.20. The van der Waals surface area contributed by atoms with Crippen LogP contribution in [0.3, 0.4) is 0 Å². The molecule has 0 unspecified atom stereocenters. The van der Waals surface area contributed by atoms with Gasteiger partial charge >= 0.3 is 29.6 Å². The minimum absolute atomic E-state index is 0. The molecule has 0 bridgehead atoms. The number of hydrogen-bond donors (Lipinski definition) is 0. The molecule has 4 heteroatoms. The molecule has 0 aliphatic carbocycles. The standard InChI is InChI=1S/C2HN2S.Na/c1-2-5-4-3-1;/h1H;/q-1;+1. The minimum Gasteiger partial charge on any atom is -0.366 e. The maximum atomic E-state index is 3.46. The zero-order chi connectivity index (χ0) is 3.54. The van der Waals surface area contributed by atoms with Gasteiger partial charge in [-0.2, -0.15) is 5.10 Å². The summed E-state index contributed by atoms with van der Waals surface area (Å²) in [7, 11) is 0. The summed E-state index contributed by atoms with van der Waals surface area (Å²) in [6.45, 7) is 0. The van der Waals surface area contributed by atoms with Crippen molar-refractivity contribution in [3.05, 3.63) is 11.6 Å². The maximum Gasteiger partial charge on any atom is 1.00 e. The number of nitrogens with zero attached hydrogens (tertiary/aromatic N) is 2. The fourth-order valence-corrected chi connectivity index (χ4v) is 0.354. The summed E-state index contributed by atoms with van der Waals surface area (Å²) in [6, 6.07) is 0. The van der Waals surface area contributed by atoms with Crippen LogP contribution in [0.5, 0.6) is 0 Å². The van der Waals surface area contributed by atoms with Crippen LogP contribution >= 0.6 is 11.5 Å². The Labute approximate surface area is 62.0 Å². The quantitative estimate of drug-likeness (QED) is 0.268. The molecular formula is C2HN2NaS. The first kappa shape index (κ1) is 6.56. The van der Waals surface area contributed by atoms with Gasteiger partial charge in [-0.15, -0.1) is 10.7 Å². The summed E-state index contributed by atoms with van der Waals surface area (Å²) >= 11 is 1.23. The first-order valence-corrected chi connectivity index (χ1v) is 1.91. The molecule has 0 N–H and O–H groups in total. The molecule has 0 aromatic carbocycles. The number of hydrogen-bond acceptors (Lipinski definition) is 3. The summed E-state index contributed by atoms with van der Waals surface area (Å²) in [5.74, 6) is 0. The Balaban J connectivity index is 0.000000250. The molecule has 1 heterocycles. The van der Waals surface area contributed by atoms with Gasteiger partial charge in [-0.05, 0) is 0 Å². The predicted molar refractivity (Wildman–Crippen MR) is 18.7 cm³/mol. The molecule has 2 nitrogen and oxygen atoms in total. The van der Waals surface area contributed by atoms with Crippen molar-refractivity contribution >= 4 is 11.5 Å². The fourth-order valence-electron chi connectivity index (χ4n) is 0.118. The minimum atomic E-state index is 0. The van der Waals surface area contributed by atoms with Crippen molar-refractivity contribution in [2.45, 2.75) is 0 Å². The third kappa shape index (κ3) is 1.87. The Morgan fingerprint density at radius 1 is 1.67 bits per heavy atom. The molecule has 26 valence electrons. The van der Waals surface area contributed by atoms with E-state index in [4.69, 9.17) is 0 Å². The van der Waals surface area contributed by atoms with Crippen molar-refractivity contribution in [3.63, 3.8) is 0 Å². The third-order valence-electron chi connectivity index (χ3n) is 0.251. The molecule has 1 aromatic heterocycles. The van der Waals surface area contributed by atoms with Gasteiger partial charge < -0.3 is 5.38 Å². The Hall–Kier alpha value is 0.560. The zero-order valence-electron chi connectivity index (χ0n) is 3.38. The molecule has 0 saturated heterocycles. The van der Waals surface area contributed by atoms with E-state index in [1.165, 1.54) is 17.7 Å². The summed E-state index contributed by atoms with van der Waals surface area (Å²) in [5.41, 5.74) is 0. The van der Waals surface area contributed by atoms with Gasteiger partial charge in [-0.3, -0.25) is 0 Å². The maximum absolute atomic E-state index is 3.46. The van der Waals surface area contributed by atoms with Crippen molar-refractivity contribution in [2.24, 2.45) is 0 Å². The van der Waals surface area contributed by atoms with Crippen LogP contribution < -0.4 is 29.6 Å². The van der Waals surface area contributed by atoms with E-state index >= 15 is 0 Å². The molecule has 0 radical (unpaired) electrons. The van der Waals surface area contributed by atoms with Crippen LogP contribution in [0.25, 0.3) is 0 Å². The molecule has 0 spiro atoms. The van der Waals surface area contributed by atoms with Gasteiger partial charge in [0.25, 0.3) is 0 Å².